The number of rotatable bonds is 5. The number of fused-ring (bicyclic) bond motifs is 7. The van der Waals surface area contributed by atoms with Gasteiger partial charge in [-0.3, -0.25) is 0 Å². The highest BCUT2D eigenvalue weighted by Gasteiger charge is 2.45. The average Bonchev–Trinajstić information content (AvgIpc) is 3.62. The molecule has 1 aromatic heterocycles. The SMILES string of the molecule is Cc1ccc(N(c2cc3c4c(c2)N(c2ccccc2C)c2c(C)cccc2B4c2cccc(C)c2N3c2ccccc2C)c2cccc3c2oc2ccccc23)c(C)c1. The largest absolute Gasteiger partial charge is 0.454 e. The molecule has 0 radical (unpaired) electrons. The third-order valence-corrected chi connectivity index (χ3v) is 12.7. The highest BCUT2D eigenvalue weighted by molar-refractivity contribution is 7.00. The number of hydrogen-bond acceptors (Lipinski definition) is 4. The van der Waals surface area contributed by atoms with E-state index in [2.05, 4.69) is 214 Å². The molecule has 0 N–H and O–H groups in total. The molecule has 0 fully saturated rings. The van der Waals surface area contributed by atoms with Gasteiger partial charge < -0.3 is 19.1 Å². The van der Waals surface area contributed by atoms with E-state index in [-0.39, 0.29) is 6.71 Å². The lowest BCUT2D eigenvalue weighted by molar-refractivity contribution is 0.669. The topological polar surface area (TPSA) is 22.9 Å². The van der Waals surface area contributed by atoms with Crippen LogP contribution in [0.15, 0.2) is 162 Å². The highest BCUT2D eigenvalue weighted by atomic mass is 16.3. The van der Waals surface area contributed by atoms with Gasteiger partial charge in [-0.2, -0.15) is 0 Å². The van der Waals surface area contributed by atoms with Gasteiger partial charge in [0.05, 0.1) is 11.4 Å². The minimum absolute atomic E-state index is 0.0211. The molecule has 284 valence electrons. The Balaban J connectivity index is 1.31. The zero-order chi connectivity index (χ0) is 40.1. The fraction of sp³-hybridized carbons (Fsp3) is 0.111. The number of para-hydroxylation sites is 6. The summed E-state index contributed by atoms with van der Waals surface area (Å²) >= 11 is 0. The fourth-order valence-electron chi connectivity index (χ4n) is 10.1. The molecule has 0 bridgehead atoms. The lowest BCUT2D eigenvalue weighted by Gasteiger charge is -2.46. The average molecular weight is 762 g/mol. The van der Waals surface area contributed by atoms with Crippen molar-refractivity contribution in [3.8, 4) is 0 Å². The van der Waals surface area contributed by atoms with Crippen LogP contribution < -0.4 is 31.1 Å². The number of anilines is 9. The van der Waals surface area contributed by atoms with Gasteiger partial charge in [0.2, 0.25) is 0 Å². The second-order valence-electron chi connectivity index (χ2n) is 16.5. The van der Waals surface area contributed by atoms with Gasteiger partial charge in [0.15, 0.2) is 5.58 Å². The summed E-state index contributed by atoms with van der Waals surface area (Å²) in [6.07, 6.45) is 0. The predicted octanol–water partition coefficient (Wildman–Crippen LogP) is 13.0. The molecule has 0 saturated carbocycles. The minimum atomic E-state index is 0.0211. The van der Waals surface area contributed by atoms with Crippen LogP contribution in [0, 0.1) is 41.5 Å². The summed E-state index contributed by atoms with van der Waals surface area (Å²) < 4.78 is 6.84. The van der Waals surface area contributed by atoms with Crippen molar-refractivity contribution in [2.24, 2.45) is 0 Å². The Hall–Kier alpha value is -6.98. The summed E-state index contributed by atoms with van der Waals surface area (Å²) in [6.45, 7) is 13.4. The van der Waals surface area contributed by atoms with Crippen LogP contribution in [0.5, 0.6) is 0 Å². The van der Waals surface area contributed by atoms with Gasteiger partial charge in [-0.15, -0.1) is 0 Å². The van der Waals surface area contributed by atoms with Crippen molar-refractivity contribution in [2.45, 2.75) is 41.5 Å². The summed E-state index contributed by atoms with van der Waals surface area (Å²) in [4.78, 5) is 7.55. The van der Waals surface area contributed by atoms with Gasteiger partial charge in [0, 0.05) is 50.6 Å². The van der Waals surface area contributed by atoms with Crippen LogP contribution in [-0.2, 0) is 0 Å². The monoisotopic (exact) mass is 761 g/mol. The van der Waals surface area contributed by atoms with Gasteiger partial charge in [-0.25, -0.2) is 0 Å². The quantitative estimate of drug-likeness (QED) is 0.163. The molecular formula is C54H44BN3O. The predicted molar refractivity (Wildman–Crippen MR) is 251 cm³/mol. The third-order valence-electron chi connectivity index (χ3n) is 12.7. The van der Waals surface area contributed by atoms with E-state index in [1.807, 2.05) is 0 Å². The van der Waals surface area contributed by atoms with Crippen LogP contribution in [-0.4, -0.2) is 6.71 Å². The molecule has 0 unspecified atom stereocenters. The van der Waals surface area contributed by atoms with Gasteiger partial charge in [-0.05, 0) is 128 Å². The van der Waals surface area contributed by atoms with E-state index < -0.39 is 0 Å². The van der Waals surface area contributed by atoms with Crippen LogP contribution in [0.2, 0.25) is 0 Å². The molecule has 0 saturated heterocycles. The van der Waals surface area contributed by atoms with Crippen molar-refractivity contribution in [3.63, 3.8) is 0 Å². The first-order chi connectivity index (χ1) is 28.8. The number of benzene rings is 8. The minimum Gasteiger partial charge on any atom is -0.454 e. The summed E-state index contributed by atoms with van der Waals surface area (Å²) in [5.74, 6) is 0. The first-order valence-corrected chi connectivity index (χ1v) is 20.6. The zero-order valence-electron chi connectivity index (χ0n) is 34.3. The molecule has 9 aromatic rings. The summed E-state index contributed by atoms with van der Waals surface area (Å²) in [5.41, 5.74) is 23.4. The second-order valence-corrected chi connectivity index (χ2v) is 16.5. The molecule has 2 aliphatic heterocycles. The van der Waals surface area contributed by atoms with Crippen molar-refractivity contribution in [1.29, 1.82) is 0 Å². The van der Waals surface area contributed by atoms with Crippen molar-refractivity contribution in [2.75, 3.05) is 14.7 Å². The van der Waals surface area contributed by atoms with Gasteiger partial charge in [0.1, 0.15) is 5.58 Å². The van der Waals surface area contributed by atoms with Gasteiger partial charge in [0.25, 0.3) is 6.71 Å². The Bertz CT molecular complexity index is 3050. The molecule has 59 heavy (non-hydrogen) atoms. The van der Waals surface area contributed by atoms with Crippen molar-refractivity contribution in [3.05, 3.63) is 191 Å². The fourth-order valence-corrected chi connectivity index (χ4v) is 10.1. The van der Waals surface area contributed by atoms with Crippen LogP contribution in [0.1, 0.15) is 33.4 Å². The summed E-state index contributed by atoms with van der Waals surface area (Å²) in [6, 6.07) is 58.0. The van der Waals surface area contributed by atoms with E-state index in [9.17, 15) is 0 Å². The number of aryl methyl sites for hydroxylation is 6. The maximum absolute atomic E-state index is 6.84. The van der Waals surface area contributed by atoms with Crippen molar-refractivity contribution >= 4 is 96.2 Å². The standard InChI is InChI=1S/C54H44BN3O/c1-33-28-29-46(38(6)30-33)56(47-26-15-21-41-40-20-9-12-27-50(40)59-54(41)47)39-31-48-51-49(32-39)58(45-25-11-8-17-35(45)3)53-37(5)19-14-23-43(53)55(51)42-22-13-18-36(4)52(42)57(48)44-24-10-7-16-34(44)2/h7-32H,1-6H3. The van der Waals surface area contributed by atoms with E-state index in [4.69, 9.17) is 4.42 Å². The van der Waals surface area contributed by atoms with Gasteiger partial charge >= 0.3 is 0 Å². The molecule has 2 aliphatic rings. The van der Waals surface area contributed by atoms with Crippen LogP contribution in [0.4, 0.5) is 51.2 Å². The van der Waals surface area contributed by atoms with Crippen LogP contribution in [0.3, 0.4) is 0 Å². The first kappa shape index (κ1) is 35.2. The molecule has 0 atom stereocenters. The van der Waals surface area contributed by atoms with E-state index in [0.29, 0.717) is 0 Å². The Morgan fingerprint density at radius 3 is 1.59 bits per heavy atom. The molecule has 11 rings (SSSR count). The Morgan fingerprint density at radius 2 is 0.983 bits per heavy atom. The lowest BCUT2D eigenvalue weighted by atomic mass is 9.33. The van der Waals surface area contributed by atoms with Crippen molar-refractivity contribution < 1.29 is 4.42 Å². The molecule has 3 heterocycles. The Kier molecular flexibility index (Phi) is 7.93. The summed E-state index contributed by atoms with van der Waals surface area (Å²) in [5, 5.41) is 2.22. The number of nitrogens with zero attached hydrogens (tertiary/aromatic N) is 3. The first-order valence-electron chi connectivity index (χ1n) is 20.6. The third kappa shape index (κ3) is 5.24. The second kappa shape index (κ2) is 13.3. The molecular weight excluding hydrogens is 717 g/mol. The number of furan rings is 1. The van der Waals surface area contributed by atoms with E-state index >= 15 is 0 Å². The maximum atomic E-state index is 6.84. The Morgan fingerprint density at radius 1 is 0.441 bits per heavy atom. The lowest BCUT2D eigenvalue weighted by Crippen LogP contribution is -2.61. The van der Waals surface area contributed by atoms with E-state index in [0.717, 1.165) is 39.0 Å². The van der Waals surface area contributed by atoms with Crippen molar-refractivity contribution in [1.82, 2.24) is 0 Å². The molecule has 0 aliphatic carbocycles. The molecule has 0 spiro atoms. The number of hydrogen-bond donors (Lipinski definition) is 0. The normalized spacial score (nSPS) is 12.8. The molecule has 5 heteroatoms. The smallest absolute Gasteiger partial charge is 0.252 e. The summed E-state index contributed by atoms with van der Waals surface area (Å²) in [7, 11) is 0. The highest BCUT2D eigenvalue weighted by Crippen LogP contribution is 2.51. The molecule has 8 aromatic carbocycles. The van der Waals surface area contributed by atoms with E-state index in [1.165, 1.54) is 83.9 Å². The molecule has 0 amide bonds. The van der Waals surface area contributed by atoms with E-state index in [1.54, 1.807) is 0 Å². The van der Waals surface area contributed by atoms with Gasteiger partial charge in [-0.1, -0.05) is 121 Å². The molecule has 4 nitrogen and oxygen atoms in total. The maximum Gasteiger partial charge on any atom is 0.252 e. The van der Waals surface area contributed by atoms with Crippen LogP contribution >= 0.6 is 0 Å². The zero-order valence-corrected chi connectivity index (χ0v) is 34.3. The van der Waals surface area contributed by atoms with Crippen LogP contribution in [0.25, 0.3) is 21.9 Å². The Labute approximate surface area is 346 Å².